The monoisotopic (exact) mass is 313 g/mol. The largest absolute Gasteiger partial charge is 0.497 e. The van der Waals surface area contributed by atoms with E-state index < -0.39 is 4.92 Å². The van der Waals surface area contributed by atoms with Gasteiger partial charge in [0.25, 0.3) is 5.69 Å². The maximum atomic E-state index is 12.3. The van der Waals surface area contributed by atoms with Gasteiger partial charge in [0, 0.05) is 18.2 Å². The predicted octanol–water partition coefficient (Wildman–Crippen LogP) is 3.51. The van der Waals surface area contributed by atoms with Gasteiger partial charge in [-0.15, -0.1) is 0 Å². The molecule has 23 heavy (non-hydrogen) atoms. The van der Waals surface area contributed by atoms with Crippen molar-refractivity contribution >= 4 is 17.5 Å². The summed E-state index contributed by atoms with van der Waals surface area (Å²) in [5.41, 5.74) is 0.927. The van der Waals surface area contributed by atoms with Gasteiger partial charge in [-0.05, 0) is 23.8 Å². The van der Waals surface area contributed by atoms with Crippen molar-refractivity contribution in [3.05, 3.63) is 69.8 Å². The highest BCUT2D eigenvalue weighted by atomic mass is 16.6. The summed E-state index contributed by atoms with van der Waals surface area (Å²) in [6.45, 7) is 0. The number of carbonyl (C=O) groups excluding carboxylic acids is 1. The van der Waals surface area contributed by atoms with Crippen LogP contribution in [0, 0.1) is 10.1 Å². The zero-order chi connectivity index (χ0) is 16.8. The summed E-state index contributed by atoms with van der Waals surface area (Å²) >= 11 is 0. The standard InChI is InChI=1S/C17H15NO5/c1-22-14-7-8-15(17(11-14)23-2)16(19)9-6-12-4-3-5-13(10-12)18(20)21/h3-11H,1-2H3/b9-6+. The second-order valence-electron chi connectivity index (χ2n) is 4.62. The number of non-ortho nitro benzene ring substituents is 1. The Bertz CT molecular complexity index is 767. The number of hydrogen-bond donors (Lipinski definition) is 0. The summed E-state index contributed by atoms with van der Waals surface area (Å²) < 4.78 is 10.3. The molecule has 2 aromatic carbocycles. The third kappa shape index (κ3) is 3.94. The number of nitro benzene ring substituents is 1. The molecule has 0 aliphatic heterocycles. The minimum Gasteiger partial charge on any atom is -0.497 e. The van der Waals surface area contributed by atoms with Gasteiger partial charge in [-0.3, -0.25) is 14.9 Å². The summed E-state index contributed by atoms with van der Waals surface area (Å²) in [6, 6.07) is 10.9. The van der Waals surface area contributed by atoms with Crippen LogP contribution in [0.5, 0.6) is 11.5 Å². The SMILES string of the molecule is COc1ccc(C(=O)/C=C/c2cccc([N+](=O)[O-])c2)c(OC)c1. The number of allylic oxidation sites excluding steroid dienone is 1. The third-order valence-electron chi connectivity index (χ3n) is 3.18. The number of nitro groups is 1. The van der Waals surface area contributed by atoms with E-state index in [1.54, 1.807) is 30.3 Å². The van der Waals surface area contributed by atoms with E-state index in [1.165, 1.54) is 38.5 Å². The Kier molecular flexibility index (Phi) is 5.09. The van der Waals surface area contributed by atoms with Gasteiger partial charge in [-0.25, -0.2) is 0 Å². The average molecular weight is 313 g/mol. The first-order valence-corrected chi connectivity index (χ1v) is 6.74. The number of benzene rings is 2. The molecule has 0 saturated carbocycles. The van der Waals surface area contributed by atoms with Gasteiger partial charge in [0.15, 0.2) is 5.78 Å². The molecule has 0 spiro atoms. The van der Waals surface area contributed by atoms with Crippen molar-refractivity contribution in [2.45, 2.75) is 0 Å². The molecule has 0 fully saturated rings. The Labute approximate surface area is 133 Å². The number of hydrogen-bond acceptors (Lipinski definition) is 5. The first kappa shape index (κ1) is 16.2. The first-order valence-electron chi connectivity index (χ1n) is 6.74. The topological polar surface area (TPSA) is 78.7 Å². The lowest BCUT2D eigenvalue weighted by molar-refractivity contribution is -0.384. The second kappa shape index (κ2) is 7.22. The third-order valence-corrected chi connectivity index (χ3v) is 3.18. The molecule has 0 amide bonds. The minimum absolute atomic E-state index is 0.0263. The van der Waals surface area contributed by atoms with Crippen molar-refractivity contribution in [3.63, 3.8) is 0 Å². The summed E-state index contributed by atoms with van der Waals surface area (Å²) in [7, 11) is 2.99. The maximum absolute atomic E-state index is 12.3. The van der Waals surface area contributed by atoms with Gasteiger partial charge < -0.3 is 9.47 Å². The van der Waals surface area contributed by atoms with Gasteiger partial charge in [-0.1, -0.05) is 18.2 Å². The fraction of sp³-hybridized carbons (Fsp3) is 0.118. The molecule has 0 bridgehead atoms. The molecule has 2 aromatic rings. The van der Waals surface area contributed by atoms with Crippen molar-refractivity contribution in [1.29, 1.82) is 0 Å². The fourth-order valence-corrected chi connectivity index (χ4v) is 2.01. The van der Waals surface area contributed by atoms with Crippen LogP contribution in [0.2, 0.25) is 0 Å². The van der Waals surface area contributed by atoms with E-state index >= 15 is 0 Å². The summed E-state index contributed by atoms with van der Waals surface area (Å²) in [4.78, 5) is 22.5. The molecule has 0 radical (unpaired) electrons. The highest BCUT2D eigenvalue weighted by Gasteiger charge is 2.11. The molecule has 0 aromatic heterocycles. The van der Waals surface area contributed by atoms with Crippen molar-refractivity contribution in [3.8, 4) is 11.5 Å². The molecule has 0 unspecified atom stereocenters. The van der Waals surface area contributed by atoms with E-state index in [9.17, 15) is 14.9 Å². The molecule has 0 heterocycles. The number of carbonyl (C=O) groups is 1. The normalized spacial score (nSPS) is 10.5. The molecular weight excluding hydrogens is 298 g/mol. The molecule has 0 N–H and O–H groups in total. The Balaban J connectivity index is 2.25. The van der Waals surface area contributed by atoms with Crippen LogP contribution in [0.15, 0.2) is 48.5 Å². The van der Waals surface area contributed by atoms with Crippen molar-refractivity contribution < 1.29 is 19.2 Å². The van der Waals surface area contributed by atoms with Crippen LogP contribution in [0.1, 0.15) is 15.9 Å². The van der Waals surface area contributed by atoms with Gasteiger partial charge in [0.1, 0.15) is 11.5 Å². The molecule has 6 heteroatoms. The number of rotatable bonds is 6. The molecule has 0 saturated heterocycles. The van der Waals surface area contributed by atoms with Crippen LogP contribution in [0.3, 0.4) is 0 Å². The molecule has 0 aliphatic rings. The molecule has 118 valence electrons. The smallest absolute Gasteiger partial charge is 0.270 e. The molecule has 2 rings (SSSR count). The summed E-state index contributed by atoms with van der Waals surface area (Å²) in [5.74, 6) is 0.718. The second-order valence-corrected chi connectivity index (χ2v) is 4.62. The van der Waals surface area contributed by atoms with E-state index in [0.29, 0.717) is 22.6 Å². The van der Waals surface area contributed by atoms with Gasteiger partial charge >= 0.3 is 0 Å². The number of ketones is 1. The lowest BCUT2D eigenvalue weighted by Gasteiger charge is -2.07. The van der Waals surface area contributed by atoms with Crippen molar-refractivity contribution in [1.82, 2.24) is 0 Å². The van der Waals surface area contributed by atoms with E-state index in [1.807, 2.05) is 0 Å². The lowest BCUT2D eigenvalue weighted by Crippen LogP contribution is -1.99. The maximum Gasteiger partial charge on any atom is 0.270 e. The van der Waals surface area contributed by atoms with Crippen molar-refractivity contribution in [2.75, 3.05) is 14.2 Å². The quantitative estimate of drug-likeness (QED) is 0.353. The van der Waals surface area contributed by atoms with Crippen LogP contribution in [0.4, 0.5) is 5.69 Å². The predicted molar refractivity (Wildman–Crippen MR) is 86.0 cm³/mol. The lowest BCUT2D eigenvalue weighted by atomic mass is 10.1. The zero-order valence-corrected chi connectivity index (χ0v) is 12.7. The first-order chi connectivity index (χ1) is 11.0. The minimum atomic E-state index is -0.480. The zero-order valence-electron chi connectivity index (χ0n) is 12.7. The number of methoxy groups -OCH3 is 2. The molecule has 0 atom stereocenters. The van der Waals surface area contributed by atoms with Gasteiger partial charge in [0.05, 0.1) is 24.7 Å². The van der Waals surface area contributed by atoms with Crippen LogP contribution < -0.4 is 9.47 Å². The van der Waals surface area contributed by atoms with Gasteiger partial charge in [0.2, 0.25) is 0 Å². The highest BCUT2D eigenvalue weighted by Crippen LogP contribution is 2.25. The van der Waals surface area contributed by atoms with E-state index in [4.69, 9.17) is 9.47 Å². The number of ether oxygens (including phenoxy) is 2. The van der Waals surface area contributed by atoms with Crippen LogP contribution in [-0.4, -0.2) is 24.9 Å². The number of nitrogens with zero attached hydrogens (tertiary/aromatic N) is 1. The Morgan fingerprint density at radius 2 is 1.91 bits per heavy atom. The average Bonchev–Trinajstić information content (AvgIpc) is 2.59. The molecule has 0 aliphatic carbocycles. The molecular formula is C17H15NO5. The Morgan fingerprint density at radius 3 is 2.57 bits per heavy atom. The van der Waals surface area contributed by atoms with E-state index in [2.05, 4.69) is 0 Å². The fourth-order valence-electron chi connectivity index (χ4n) is 2.01. The Morgan fingerprint density at radius 1 is 1.13 bits per heavy atom. The van der Waals surface area contributed by atoms with E-state index in [-0.39, 0.29) is 11.5 Å². The van der Waals surface area contributed by atoms with Crippen LogP contribution in [-0.2, 0) is 0 Å². The van der Waals surface area contributed by atoms with Gasteiger partial charge in [-0.2, -0.15) is 0 Å². The Hall–Kier alpha value is -3.15. The summed E-state index contributed by atoms with van der Waals surface area (Å²) in [6.07, 6.45) is 2.88. The molecule has 6 nitrogen and oxygen atoms in total. The summed E-state index contributed by atoms with van der Waals surface area (Å²) in [5, 5.41) is 10.7. The van der Waals surface area contributed by atoms with Crippen LogP contribution >= 0.6 is 0 Å². The van der Waals surface area contributed by atoms with Crippen molar-refractivity contribution in [2.24, 2.45) is 0 Å². The van der Waals surface area contributed by atoms with E-state index in [0.717, 1.165) is 0 Å². The van der Waals surface area contributed by atoms with Crippen LogP contribution in [0.25, 0.3) is 6.08 Å². The highest BCUT2D eigenvalue weighted by molar-refractivity contribution is 6.08.